The minimum atomic E-state index is -1.20. The summed E-state index contributed by atoms with van der Waals surface area (Å²) >= 11 is 0. The summed E-state index contributed by atoms with van der Waals surface area (Å²) in [7, 11) is 1.84. The Morgan fingerprint density at radius 2 is 1.36 bits per heavy atom. The first-order valence-corrected chi connectivity index (χ1v) is 11.3. The zero-order chi connectivity index (χ0) is 22.5. The van der Waals surface area contributed by atoms with Gasteiger partial charge in [-0.3, -0.25) is 4.79 Å². The molecule has 0 N–H and O–H groups in total. The Kier molecular flexibility index (Phi) is 4.47. The molecule has 2 unspecified atom stereocenters. The summed E-state index contributed by atoms with van der Waals surface area (Å²) in [6.07, 6.45) is 2.86. The lowest BCUT2D eigenvalue weighted by atomic mass is 9.64. The van der Waals surface area contributed by atoms with Gasteiger partial charge in [0, 0.05) is 32.0 Å². The minimum Gasteiger partial charge on any atom is -0.458 e. The van der Waals surface area contributed by atoms with Crippen molar-refractivity contribution in [2.24, 2.45) is 5.41 Å². The zero-order valence-electron chi connectivity index (χ0n) is 18.4. The number of amides is 1. The summed E-state index contributed by atoms with van der Waals surface area (Å²) in [5, 5.41) is 0. The molecule has 0 aliphatic carbocycles. The van der Waals surface area contributed by atoms with Crippen LogP contribution in [-0.2, 0) is 24.9 Å². The maximum absolute atomic E-state index is 14.0. The molecule has 0 saturated carbocycles. The van der Waals surface area contributed by atoms with Crippen molar-refractivity contribution in [2.75, 3.05) is 13.6 Å². The topological polar surface area (TPSA) is 48.0 Å². The van der Waals surface area contributed by atoms with E-state index in [2.05, 4.69) is 0 Å². The van der Waals surface area contributed by atoms with Crippen molar-refractivity contribution in [3.8, 4) is 0 Å². The lowest BCUT2D eigenvalue weighted by Gasteiger charge is -2.54. The van der Waals surface area contributed by atoms with Gasteiger partial charge in [0.1, 0.15) is 11.2 Å². The third-order valence-corrected chi connectivity index (χ3v) is 7.22. The number of carbonyl (C=O) groups excluding carboxylic acids is 1. The molecule has 5 nitrogen and oxygen atoms in total. The van der Waals surface area contributed by atoms with Gasteiger partial charge in [0.15, 0.2) is 5.60 Å². The Morgan fingerprint density at radius 3 is 1.97 bits per heavy atom. The summed E-state index contributed by atoms with van der Waals surface area (Å²) in [5.41, 5.74) is 0.779. The van der Waals surface area contributed by atoms with E-state index in [9.17, 15) is 4.79 Å². The van der Waals surface area contributed by atoms with Crippen LogP contribution in [0.2, 0.25) is 0 Å². The number of hydrogen-bond donors (Lipinski definition) is 0. The molecule has 0 bridgehead atoms. The number of benzene rings is 3. The van der Waals surface area contributed by atoms with Crippen LogP contribution in [0.25, 0.3) is 5.76 Å². The highest BCUT2D eigenvalue weighted by atomic mass is 17.2. The second kappa shape index (κ2) is 7.30. The zero-order valence-corrected chi connectivity index (χ0v) is 18.4. The van der Waals surface area contributed by atoms with E-state index in [0.717, 1.165) is 16.7 Å². The average molecular weight is 440 g/mol. The molecule has 3 aromatic carbocycles. The Bertz CT molecular complexity index is 1170. The molecule has 0 aromatic heterocycles. The minimum absolute atomic E-state index is 0.0146. The highest BCUT2D eigenvalue weighted by Crippen LogP contribution is 2.62. The molecule has 2 saturated heterocycles. The van der Waals surface area contributed by atoms with Gasteiger partial charge in [-0.25, -0.2) is 4.89 Å². The second-order valence-electron chi connectivity index (χ2n) is 9.08. The van der Waals surface area contributed by atoms with Crippen molar-refractivity contribution < 1.29 is 19.3 Å². The smallest absolute Gasteiger partial charge is 0.260 e. The molecule has 0 radical (unpaired) electrons. The molecule has 166 valence electrons. The molecule has 2 fully saturated rings. The Balaban J connectivity index is 1.57. The Morgan fingerprint density at radius 1 is 0.788 bits per heavy atom. The average Bonchev–Trinajstić information content (AvgIpc) is 3.24. The fraction of sp³-hybridized carbons (Fsp3) is 0.250. The van der Waals surface area contributed by atoms with Crippen molar-refractivity contribution in [3.05, 3.63) is 114 Å². The first-order chi connectivity index (χ1) is 16.1. The van der Waals surface area contributed by atoms with E-state index in [0.29, 0.717) is 25.1 Å². The van der Waals surface area contributed by atoms with E-state index in [1.54, 1.807) is 4.90 Å². The normalized spacial score (nSPS) is 27.8. The number of nitrogens with zero attached hydrogens (tertiary/aromatic N) is 1. The van der Waals surface area contributed by atoms with Crippen molar-refractivity contribution in [1.29, 1.82) is 0 Å². The number of rotatable bonds is 3. The predicted molar refractivity (Wildman–Crippen MR) is 123 cm³/mol. The van der Waals surface area contributed by atoms with Crippen molar-refractivity contribution in [1.82, 2.24) is 4.90 Å². The molecule has 33 heavy (non-hydrogen) atoms. The Hall–Kier alpha value is -3.41. The molecule has 3 aliphatic heterocycles. The number of carbonyl (C=O) groups is 1. The van der Waals surface area contributed by atoms with Gasteiger partial charge in [-0.15, -0.1) is 0 Å². The summed E-state index contributed by atoms with van der Waals surface area (Å²) < 4.78 is 6.48. The van der Waals surface area contributed by atoms with Crippen molar-refractivity contribution in [3.63, 3.8) is 0 Å². The number of hydrogen-bond acceptors (Lipinski definition) is 4. The largest absolute Gasteiger partial charge is 0.458 e. The summed E-state index contributed by atoms with van der Waals surface area (Å²) in [6, 6.07) is 29.8. The van der Waals surface area contributed by atoms with Gasteiger partial charge in [0.25, 0.3) is 5.79 Å². The van der Waals surface area contributed by atoms with E-state index >= 15 is 0 Å². The molecule has 5 heteroatoms. The van der Waals surface area contributed by atoms with Crippen LogP contribution in [0.3, 0.4) is 0 Å². The fourth-order valence-electron chi connectivity index (χ4n) is 5.47. The monoisotopic (exact) mass is 439 g/mol. The highest BCUT2D eigenvalue weighted by molar-refractivity contribution is 5.90. The Labute approximate surface area is 193 Å². The summed E-state index contributed by atoms with van der Waals surface area (Å²) in [6.45, 7) is 0.531. The lowest BCUT2D eigenvalue weighted by Crippen LogP contribution is -2.67. The van der Waals surface area contributed by atoms with Gasteiger partial charge in [0.2, 0.25) is 5.91 Å². The second-order valence-corrected chi connectivity index (χ2v) is 9.08. The van der Waals surface area contributed by atoms with Crippen LogP contribution in [0, 0.1) is 5.41 Å². The van der Waals surface area contributed by atoms with Crippen LogP contribution in [0.1, 0.15) is 29.5 Å². The van der Waals surface area contributed by atoms with Gasteiger partial charge in [-0.1, -0.05) is 91.0 Å². The van der Waals surface area contributed by atoms with Crippen LogP contribution < -0.4 is 0 Å². The molecule has 0 spiro atoms. The first kappa shape index (κ1) is 20.2. The van der Waals surface area contributed by atoms with Crippen LogP contribution in [0.5, 0.6) is 0 Å². The van der Waals surface area contributed by atoms with Crippen LogP contribution in [-0.4, -0.2) is 30.2 Å². The standard InChI is InChI=1S/C28H25NO4/c1-29-18-17-28-26(25(29)30,19-24(31-28)21-11-5-2-6-12-21)20-27(32-33-28,22-13-7-3-8-14-22)23-15-9-4-10-16-23/h2-16,19H,17-18,20H2,1H3. The molecular formula is C28H25NO4. The predicted octanol–water partition coefficient (Wildman–Crippen LogP) is 4.90. The molecular weight excluding hydrogens is 414 g/mol. The molecule has 3 aliphatic rings. The number of likely N-dealkylation sites (tertiary alicyclic amines) is 1. The number of ether oxygens (including phenoxy) is 1. The third kappa shape index (κ3) is 2.82. The summed E-state index contributed by atoms with van der Waals surface area (Å²) in [5.74, 6) is -0.562. The van der Waals surface area contributed by atoms with Crippen LogP contribution >= 0.6 is 0 Å². The van der Waals surface area contributed by atoms with Gasteiger partial charge >= 0.3 is 0 Å². The van der Waals surface area contributed by atoms with E-state index in [1.807, 2.05) is 104 Å². The van der Waals surface area contributed by atoms with Gasteiger partial charge in [0.05, 0.1) is 0 Å². The van der Waals surface area contributed by atoms with Crippen molar-refractivity contribution >= 4 is 11.7 Å². The first-order valence-electron chi connectivity index (χ1n) is 11.3. The molecule has 3 aromatic rings. The SMILES string of the molecule is CN1CCC23OOC(c4ccccc4)(c4ccccc4)CC2(C=C(c2ccccc2)O3)C1=O. The number of piperidine rings is 1. The molecule has 6 rings (SSSR count). The maximum Gasteiger partial charge on any atom is 0.260 e. The fourth-order valence-corrected chi connectivity index (χ4v) is 5.47. The molecule has 2 atom stereocenters. The van der Waals surface area contributed by atoms with Gasteiger partial charge in [-0.05, 0) is 17.2 Å². The van der Waals surface area contributed by atoms with E-state index in [4.69, 9.17) is 14.5 Å². The maximum atomic E-state index is 14.0. The lowest BCUT2D eigenvalue weighted by molar-refractivity contribution is -0.501. The van der Waals surface area contributed by atoms with E-state index in [1.165, 1.54) is 0 Å². The third-order valence-electron chi connectivity index (χ3n) is 7.22. The molecule has 1 amide bonds. The van der Waals surface area contributed by atoms with Crippen molar-refractivity contribution in [2.45, 2.75) is 24.2 Å². The highest BCUT2D eigenvalue weighted by Gasteiger charge is 2.72. The van der Waals surface area contributed by atoms with Crippen LogP contribution in [0.4, 0.5) is 0 Å². The van der Waals surface area contributed by atoms with Gasteiger partial charge in [-0.2, -0.15) is 4.89 Å². The quantitative estimate of drug-likeness (QED) is 0.545. The van der Waals surface area contributed by atoms with Crippen LogP contribution in [0.15, 0.2) is 97.1 Å². The molecule has 3 heterocycles. The summed E-state index contributed by atoms with van der Waals surface area (Å²) in [4.78, 5) is 28.3. The van der Waals surface area contributed by atoms with E-state index < -0.39 is 16.8 Å². The van der Waals surface area contributed by atoms with E-state index in [-0.39, 0.29) is 5.91 Å². The van der Waals surface area contributed by atoms with Gasteiger partial charge < -0.3 is 9.64 Å².